The molecule has 1 saturated heterocycles. The molecule has 1 aromatic carbocycles. The van der Waals surface area contributed by atoms with Gasteiger partial charge in [-0.25, -0.2) is 0 Å². The van der Waals surface area contributed by atoms with Gasteiger partial charge in [0.15, 0.2) is 0 Å². The number of carbonyl (C=O) groups excluding carboxylic acids is 1. The molecule has 6 heteroatoms. The summed E-state index contributed by atoms with van der Waals surface area (Å²) in [5, 5.41) is 13.3. The molecule has 1 heterocycles. The Balaban J connectivity index is 1.70. The molecule has 1 aromatic rings. The molecule has 3 rings (SSSR count). The van der Waals surface area contributed by atoms with E-state index in [4.69, 9.17) is 9.31 Å². The van der Waals surface area contributed by atoms with Gasteiger partial charge in [0, 0.05) is 5.56 Å². The molecule has 0 radical (unpaired) electrons. The highest BCUT2D eigenvalue weighted by atomic mass is 16.7. The van der Waals surface area contributed by atoms with Crippen molar-refractivity contribution in [2.24, 2.45) is 11.8 Å². The lowest BCUT2D eigenvalue weighted by Gasteiger charge is -2.32. The van der Waals surface area contributed by atoms with Gasteiger partial charge in [-0.2, -0.15) is 0 Å². The third kappa shape index (κ3) is 4.08. The molecule has 1 amide bonds. The molecule has 1 unspecified atom stereocenters. The molecule has 0 aromatic heterocycles. The topological polar surface area (TPSA) is 67.8 Å². The van der Waals surface area contributed by atoms with Crippen LogP contribution in [0.2, 0.25) is 0 Å². The fourth-order valence-electron chi connectivity index (χ4n) is 3.81. The van der Waals surface area contributed by atoms with Crippen LogP contribution >= 0.6 is 0 Å². The highest BCUT2D eigenvalue weighted by molar-refractivity contribution is 6.62. The summed E-state index contributed by atoms with van der Waals surface area (Å²) in [5.74, 6) is 0.788. The number of amides is 1. The number of rotatable bonds is 4. The van der Waals surface area contributed by atoms with Crippen LogP contribution in [0.5, 0.6) is 0 Å². The van der Waals surface area contributed by atoms with Crippen molar-refractivity contribution in [3.05, 3.63) is 29.8 Å². The first kappa shape index (κ1) is 20.4. The largest absolute Gasteiger partial charge is 0.494 e. The molecule has 0 spiro atoms. The normalized spacial score (nSPS) is 29.3. The minimum absolute atomic E-state index is 0.165. The third-order valence-corrected chi connectivity index (χ3v) is 6.50. The predicted molar refractivity (Wildman–Crippen MR) is 107 cm³/mol. The Hall–Kier alpha value is -1.37. The number of benzene rings is 1. The molecule has 1 aliphatic heterocycles. The summed E-state index contributed by atoms with van der Waals surface area (Å²) in [6, 6.07) is 7.17. The van der Waals surface area contributed by atoms with Gasteiger partial charge in [0.2, 0.25) is 0 Å². The zero-order valence-corrected chi connectivity index (χ0v) is 17.3. The Morgan fingerprint density at radius 1 is 1.19 bits per heavy atom. The Labute approximate surface area is 163 Å². The Morgan fingerprint density at radius 2 is 1.81 bits per heavy atom. The van der Waals surface area contributed by atoms with E-state index in [0.29, 0.717) is 17.4 Å². The maximum Gasteiger partial charge on any atom is 0.494 e. The summed E-state index contributed by atoms with van der Waals surface area (Å²) >= 11 is 0. The Kier molecular flexibility index (Phi) is 5.45. The quantitative estimate of drug-likeness (QED) is 0.796. The number of nitrogens with one attached hydrogen (secondary N) is 1. The Morgan fingerprint density at radius 3 is 2.37 bits per heavy atom. The fourth-order valence-corrected chi connectivity index (χ4v) is 3.81. The van der Waals surface area contributed by atoms with Gasteiger partial charge >= 0.3 is 7.12 Å². The zero-order valence-electron chi connectivity index (χ0n) is 17.3. The summed E-state index contributed by atoms with van der Waals surface area (Å²) in [5.41, 5.74) is 0.543. The van der Waals surface area contributed by atoms with Crippen molar-refractivity contribution in [1.29, 1.82) is 0 Å². The second-order valence-corrected chi connectivity index (χ2v) is 9.34. The maximum atomic E-state index is 12.7. The van der Waals surface area contributed by atoms with Crippen molar-refractivity contribution in [2.75, 3.05) is 0 Å². The van der Waals surface area contributed by atoms with Gasteiger partial charge in [-0.3, -0.25) is 4.79 Å². The lowest BCUT2D eigenvalue weighted by molar-refractivity contribution is 0.00578. The van der Waals surface area contributed by atoms with Crippen LogP contribution in [0.25, 0.3) is 0 Å². The molecule has 1 saturated carbocycles. The highest BCUT2D eigenvalue weighted by Gasteiger charge is 2.51. The smallest absolute Gasteiger partial charge is 0.399 e. The molecular formula is C21H32BNO4. The molecule has 2 N–H and O–H groups in total. The van der Waals surface area contributed by atoms with E-state index in [1.165, 1.54) is 0 Å². The van der Waals surface area contributed by atoms with E-state index in [1.54, 1.807) is 6.07 Å². The van der Waals surface area contributed by atoms with Crippen LogP contribution in [-0.2, 0) is 9.31 Å². The van der Waals surface area contributed by atoms with E-state index in [-0.39, 0.29) is 11.9 Å². The first-order valence-corrected chi connectivity index (χ1v) is 9.95. The average molecular weight is 373 g/mol. The second kappa shape index (κ2) is 7.23. The van der Waals surface area contributed by atoms with Crippen LogP contribution in [0.1, 0.15) is 64.7 Å². The predicted octanol–water partition coefficient (Wildman–Crippen LogP) is 2.51. The zero-order chi connectivity index (χ0) is 20.0. The number of hydrogen-bond acceptors (Lipinski definition) is 4. The fraction of sp³-hybridized carbons (Fsp3) is 0.667. The molecule has 148 valence electrons. The van der Waals surface area contributed by atoms with Gasteiger partial charge in [0.25, 0.3) is 5.91 Å². The van der Waals surface area contributed by atoms with Crippen LogP contribution < -0.4 is 10.8 Å². The van der Waals surface area contributed by atoms with Gasteiger partial charge in [-0.1, -0.05) is 26.0 Å². The van der Waals surface area contributed by atoms with E-state index < -0.39 is 24.4 Å². The summed E-state index contributed by atoms with van der Waals surface area (Å²) in [7, 11) is -0.495. The number of aliphatic hydroxyl groups excluding tert-OH is 1. The molecule has 3 atom stereocenters. The standard InChI is InChI=1S/C21H32BNO4/c1-13(2)15-11-17(18(24)12-15)23-19(25)14-8-7-9-16(10-14)22-26-20(3,4)21(5,6)27-22/h7-10,13,15,17-18,24H,11-12H2,1-6H3,(H,23,25)/t15?,17-,18-/m1/s1. The monoisotopic (exact) mass is 373 g/mol. The Bertz CT molecular complexity index is 687. The van der Waals surface area contributed by atoms with Crippen molar-refractivity contribution in [3.8, 4) is 0 Å². The molecule has 5 nitrogen and oxygen atoms in total. The maximum absolute atomic E-state index is 12.7. The molecule has 0 bridgehead atoms. The minimum Gasteiger partial charge on any atom is -0.399 e. The molecule has 1 aliphatic carbocycles. The van der Waals surface area contributed by atoms with Crippen LogP contribution in [0.3, 0.4) is 0 Å². The van der Waals surface area contributed by atoms with Gasteiger partial charge in [-0.05, 0) is 70.0 Å². The average Bonchev–Trinajstić information content (AvgIpc) is 3.04. The number of aliphatic hydroxyl groups is 1. The van der Waals surface area contributed by atoms with E-state index in [9.17, 15) is 9.90 Å². The van der Waals surface area contributed by atoms with Crippen molar-refractivity contribution >= 4 is 18.5 Å². The minimum atomic E-state index is -0.495. The molecule has 2 aliphatic rings. The summed E-state index contributed by atoms with van der Waals surface area (Å²) in [6.07, 6.45) is 1.09. The van der Waals surface area contributed by atoms with Crippen molar-refractivity contribution in [1.82, 2.24) is 5.32 Å². The molecular weight excluding hydrogens is 341 g/mol. The van der Waals surface area contributed by atoms with Crippen molar-refractivity contribution in [3.63, 3.8) is 0 Å². The third-order valence-electron chi connectivity index (χ3n) is 6.50. The highest BCUT2D eigenvalue weighted by Crippen LogP contribution is 2.36. The van der Waals surface area contributed by atoms with Gasteiger partial charge in [0.1, 0.15) is 0 Å². The summed E-state index contributed by atoms with van der Waals surface area (Å²) < 4.78 is 12.2. The van der Waals surface area contributed by atoms with E-state index in [1.807, 2.05) is 45.9 Å². The van der Waals surface area contributed by atoms with Crippen molar-refractivity contribution < 1.29 is 19.2 Å². The van der Waals surface area contributed by atoms with Gasteiger partial charge < -0.3 is 19.7 Å². The van der Waals surface area contributed by atoms with Crippen LogP contribution in [0.15, 0.2) is 24.3 Å². The van der Waals surface area contributed by atoms with Crippen molar-refractivity contribution in [2.45, 2.75) is 77.7 Å². The summed E-state index contributed by atoms with van der Waals surface area (Å²) in [4.78, 5) is 12.7. The van der Waals surface area contributed by atoms with Gasteiger partial charge in [-0.15, -0.1) is 0 Å². The first-order chi connectivity index (χ1) is 12.5. The summed E-state index contributed by atoms with van der Waals surface area (Å²) in [6.45, 7) is 12.4. The number of hydrogen-bond donors (Lipinski definition) is 2. The van der Waals surface area contributed by atoms with E-state index in [2.05, 4.69) is 19.2 Å². The lowest BCUT2D eigenvalue weighted by atomic mass is 9.78. The van der Waals surface area contributed by atoms with Gasteiger partial charge in [0.05, 0.1) is 23.3 Å². The SMILES string of the molecule is CC(C)C1C[C@@H](O)[C@H](NC(=O)c2cccc(B3OC(C)(C)C(C)(C)O3)c2)C1. The molecule has 2 fully saturated rings. The molecule has 27 heavy (non-hydrogen) atoms. The number of carbonyl (C=O) groups is 1. The second-order valence-electron chi connectivity index (χ2n) is 9.34. The van der Waals surface area contributed by atoms with Crippen LogP contribution in [0.4, 0.5) is 0 Å². The van der Waals surface area contributed by atoms with E-state index in [0.717, 1.165) is 18.3 Å². The van der Waals surface area contributed by atoms with Crippen LogP contribution in [0, 0.1) is 11.8 Å². The lowest BCUT2D eigenvalue weighted by Crippen LogP contribution is -2.41. The van der Waals surface area contributed by atoms with Crippen LogP contribution in [-0.4, -0.2) is 41.5 Å². The van der Waals surface area contributed by atoms with E-state index >= 15 is 0 Å². The first-order valence-electron chi connectivity index (χ1n) is 9.95.